The van der Waals surface area contributed by atoms with Crippen LogP contribution in [0.4, 0.5) is 0 Å². The van der Waals surface area contributed by atoms with E-state index in [9.17, 15) is 4.79 Å². The number of rotatable bonds is 7. The van der Waals surface area contributed by atoms with E-state index in [0.717, 1.165) is 33.4 Å². The zero-order valence-corrected chi connectivity index (χ0v) is 18.8. The van der Waals surface area contributed by atoms with Crippen molar-refractivity contribution >= 4 is 16.8 Å². The Hall–Kier alpha value is -3.80. The molecule has 4 aromatic rings. The molecule has 2 aromatic carbocycles. The molecular weight excluding hydrogens is 402 g/mol. The van der Waals surface area contributed by atoms with Crippen LogP contribution in [0.25, 0.3) is 22.3 Å². The molecular formula is C26H27N3O3. The summed E-state index contributed by atoms with van der Waals surface area (Å²) in [6.07, 6.45) is 2.65. The topological polar surface area (TPSA) is 65.4 Å². The Morgan fingerprint density at radius 2 is 1.84 bits per heavy atom. The summed E-state index contributed by atoms with van der Waals surface area (Å²) < 4.78 is 12.7. The van der Waals surface area contributed by atoms with E-state index >= 15 is 0 Å². The minimum atomic E-state index is -0.112. The predicted octanol–water partition coefficient (Wildman–Crippen LogP) is 4.54. The van der Waals surface area contributed by atoms with Crippen LogP contribution < -0.4 is 14.8 Å². The SMILES string of the molecule is COc1ccc(CCNC(=O)c2cc(-c3cccn3C)nc3ccc(C)cc23)cc1OC. The predicted molar refractivity (Wildman–Crippen MR) is 126 cm³/mol. The molecule has 0 spiro atoms. The Kier molecular flexibility index (Phi) is 6.12. The van der Waals surface area contributed by atoms with E-state index in [1.165, 1.54) is 0 Å². The fourth-order valence-electron chi connectivity index (χ4n) is 3.84. The van der Waals surface area contributed by atoms with Gasteiger partial charge in [0.05, 0.1) is 36.7 Å². The van der Waals surface area contributed by atoms with E-state index in [1.54, 1.807) is 14.2 Å². The van der Waals surface area contributed by atoms with Crippen LogP contribution in [0.5, 0.6) is 11.5 Å². The first kappa shape index (κ1) is 21.4. The largest absolute Gasteiger partial charge is 0.493 e. The molecule has 0 saturated heterocycles. The number of fused-ring (bicyclic) bond motifs is 1. The second kappa shape index (κ2) is 9.14. The summed E-state index contributed by atoms with van der Waals surface area (Å²) in [5.74, 6) is 1.25. The van der Waals surface area contributed by atoms with Gasteiger partial charge in [0.2, 0.25) is 0 Å². The molecule has 0 aliphatic carbocycles. The molecule has 32 heavy (non-hydrogen) atoms. The number of pyridine rings is 1. The van der Waals surface area contributed by atoms with Crippen LogP contribution >= 0.6 is 0 Å². The number of benzene rings is 2. The lowest BCUT2D eigenvalue weighted by molar-refractivity contribution is 0.0955. The molecule has 2 heterocycles. The monoisotopic (exact) mass is 429 g/mol. The highest BCUT2D eigenvalue weighted by Crippen LogP contribution is 2.28. The number of ether oxygens (including phenoxy) is 2. The Labute approximate surface area is 187 Å². The third kappa shape index (κ3) is 4.30. The number of hydrogen-bond donors (Lipinski definition) is 1. The maximum absolute atomic E-state index is 13.2. The highest BCUT2D eigenvalue weighted by molar-refractivity contribution is 6.07. The van der Waals surface area contributed by atoms with Crippen molar-refractivity contribution in [3.8, 4) is 22.9 Å². The highest BCUT2D eigenvalue weighted by atomic mass is 16.5. The van der Waals surface area contributed by atoms with Crippen molar-refractivity contribution in [1.82, 2.24) is 14.9 Å². The van der Waals surface area contributed by atoms with Gasteiger partial charge >= 0.3 is 0 Å². The standard InChI is InChI=1S/C26H27N3O3/c1-17-7-9-21-19(14-17)20(16-22(28-21)23-6-5-13-29(23)2)26(30)27-12-11-18-8-10-24(31-3)25(15-18)32-4/h5-10,13-16H,11-12H2,1-4H3,(H,27,30). The number of methoxy groups -OCH3 is 2. The van der Waals surface area contributed by atoms with E-state index < -0.39 is 0 Å². The zero-order chi connectivity index (χ0) is 22.7. The lowest BCUT2D eigenvalue weighted by Crippen LogP contribution is -2.26. The number of nitrogens with zero attached hydrogens (tertiary/aromatic N) is 2. The summed E-state index contributed by atoms with van der Waals surface area (Å²) in [5, 5.41) is 3.92. The maximum Gasteiger partial charge on any atom is 0.252 e. The quantitative estimate of drug-likeness (QED) is 0.469. The second-order valence-electron chi connectivity index (χ2n) is 7.78. The number of carbonyl (C=O) groups is 1. The van der Waals surface area contributed by atoms with Gasteiger partial charge in [0, 0.05) is 25.2 Å². The van der Waals surface area contributed by atoms with Gasteiger partial charge < -0.3 is 19.4 Å². The van der Waals surface area contributed by atoms with Gasteiger partial charge in [0.25, 0.3) is 5.91 Å². The van der Waals surface area contributed by atoms with Crippen LogP contribution in [-0.4, -0.2) is 36.2 Å². The molecule has 0 fully saturated rings. The summed E-state index contributed by atoms with van der Waals surface area (Å²) >= 11 is 0. The smallest absolute Gasteiger partial charge is 0.252 e. The van der Waals surface area contributed by atoms with Crippen LogP contribution in [0.2, 0.25) is 0 Å². The van der Waals surface area contributed by atoms with Crippen LogP contribution in [0, 0.1) is 6.92 Å². The van der Waals surface area contributed by atoms with Gasteiger partial charge in [-0.05, 0) is 61.4 Å². The van der Waals surface area contributed by atoms with Crippen molar-refractivity contribution in [1.29, 1.82) is 0 Å². The Bertz CT molecular complexity index is 1280. The molecule has 0 radical (unpaired) electrons. The van der Waals surface area contributed by atoms with E-state index in [2.05, 4.69) is 5.32 Å². The summed E-state index contributed by atoms with van der Waals surface area (Å²) in [7, 11) is 5.20. The Morgan fingerprint density at radius 1 is 1.03 bits per heavy atom. The van der Waals surface area contributed by atoms with Crippen LogP contribution in [0.3, 0.4) is 0 Å². The van der Waals surface area contributed by atoms with Gasteiger partial charge in [-0.1, -0.05) is 17.7 Å². The number of hydrogen-bond acceptors (Lipinski definition) is 4. The fraction of sp³-hybridized carbons (Fsp3) is 0.231. The van der Waals surface area contributed by atoms with Crippen molar-refractivity contribution in [2.75, 3.05) is 20.8 Å². The first-order chi connectivity index (χ1) is 15.5. The Morgan fingerprint density at radius 3 is 2.56 bits per heavy atom. The van der Waals surface area contributed by atoms with Crippen molar-refractivity contribution < 1.29 is 14.3 Å². The van der Waals surface area contributed by atoms with E-state index in [1.807, 2.05) is 79.3 Å². The third-order valence-electron chi connectivity index (χ3n) is 5.56. The molecule has 1 N–H and O–H groups in total. The summed E-state index contributed by atoms with van der Waals surface area (Å²) in [6.45, 7) is 2.52. The average Bonchev–Trinajstić information content (AvgIpc) is 3.24. The van der Waals surface area contributed by atoms with Crippen molar-refractivity contribution in [3.05, 3.63) is 77.5 Å². The molecule has 1 amide bonds. The minimum absolute atomic E-state index is 0.112. The van der Waals surface area contributed by atoms with Gasteiger partial charge in [-0.15, -0.1) is 0 Å². The summed E-state index contributed by atoms with van der Waals surface area (Å²) in [5.41, 5.74) is 5.32. The van der Waals surface area contributed by atoms with Crippen molar-refractivity contribution in [3.63, 3.8) is 0 Å². The number of carbonyl (C=O) groups excluding carboxylic acids is 1. The third-order valence-corrected chi connectivity index (χ3v) is 5.56. The molecule has 0 aliphatic rings. The van der Waals surface area contributed by atoms with E-state index in [4.69, 9.17) is 14.5 Å². The maximum atomic E-state index is 13.2. The minimum Gasteiger partial charge on any atom is -0.493 e. The second-order valence-corrected chi connectivity index (χ2v) is 7.78. The lowest BCUT2D eigenvalue weighted by Gasteiger charge is -2.12. The first-order valence-corrected chi connectivity index (χ1v) is 10.5. The van der Waals surface area contributed by atoms with Crippen LogP contribution in [0.1, 0.15) is 21.5 Å². The molecule has 6 nitrogen and oxygen atoms in total. The van der Waals surface area contributed by atoms with Gasteiger partial charge in [0.1, 0.15) is 0 Å². The highest BCUT2D eigenvalue weighted by Gasteiger charge is 2.15. The van der Waals surface area contributed by atoms with E-state index in [0.29, 0.717) is 30.0 Å². The molecule has 0 atom stereocenters. The van der Waals surface area contributed by atoms with Gasteiger partial charge in [0.15, 0.2) is 11.5 Å². The van der Waals surface area contributed by atoms with Gasteiger partial charge in [-0.25, -0.2) is 4.98 Å². The molecule has 164 valence electrons. The number of aryl methyl sites for hydroxylation is 2. The summed E-state index contributed by atoms with van der Waals surface area (Å²) in [4.78, 5) is 18.0. The average molecular weight is 430 g/mol. The fourth-order valence-corrected chi connectivity index (χ4v) is 3.84. The first-order valence-electron chi connectivity index (χ1n) is 10.5. The van der Waals surface area contributed by atoms with E-state index in [-0.39, 0.29) is 5.91 Å². The number of aromatic nitrogens is 2. The van der Waals surface area contributed by atoms with Gasteiger partial charge in [-0.2, -0.15) is 0 Å². The van der Waals surface area contributed by atoms with Crippen molar-refractivity contribution in [2.45, 2.75) is 13.3 Å². The molecule has 0 saturated carbocycles. The number of nitrogens with one attached hydrogen (secondary N) is 1. The zero-order valence-electron chi connectivity index (χ0n) is 18.8. The molecule has 0 aliphatic heterocycles. The molecule has 0 unspecified atom stereocenters. The Balaban J connectivity index is 1.59. The van der Waals surface area contributed by atoms with Crippen LogP contribution in [0.15, 0.2) is 60.8 Å². The van der Waals surface area contributed by atoms with Crippen LogP contribution in [-0.2, 0) is 13.5 Å². The summed E-state index contributed by atoms with van der Waals surface area (Å²) in [6, 6.07) is 17.6. The number of amides is 1. The van der Waals surface area contributed by atoms with Crippen molar-refractivity contribution in [2.24, 2.45) is 7.05 Å². The normalized spacial score (nSPS) is 10.9. The molecule has 6 heteroatoms. The molecule has 4 rings (SSSR count). The lowest BCUT2D eigenvalue weighted by atomic mass is 10.0. The van der Waals surface area contributed by atoms with Gasteiger partial charge in [-0.3, -0.25) is 4.79 Å². The molecule has 0 bridgehead atoms. The molecule has 2 aromatic heterocycles.